The Morgan fingerprint density at radius 2 is 2.20 bits per heavy atom. The van der Waals surface area contributed by atoms with Crippen LogP contribution in [0.25, 0.3) is 21.9 Å². The molecule has 0 bridgehead atoms. The van der Waals surface area contributed by atoms with Crippen LogP contribution in [0, 0.1) is 5.82 Å². The second-order valence-corrected chi connectivity index (χ2v) is 6.73. The van der Waals surface area contributed by atoms with Gasteiger partial charge in [0.05, 0.1) is 23.1 Å². The number of hydrogen-bond acceptors (Lipinski definition) is 5. The molecule has 0 saturated carbocycles. The molecule has 1 saturated heterocycles. The van der Waals surface area contributed by atoms with E-state index in [1.165, 1.54) is 18.5 Å². The van der Waals surface area contributed by atoms with E-state index in [2.05, 4.69) is 19.9 Å². The summed E-state index contributed by atoms with van der Waals surface area (Å²) in [6.07, 6.45) is 3.69. The summed E-state index contributed by atoms with van der Waals surface area (Å²) in [5, 5.41) is 12.5. The number of rotatable bonds is 3. The van der Waals surface area contributed by atoms with Crippen molar-refractivity contribution in [2.24, 2.45) is 0 Å². The zero-order valence-electron chi connectivity index (χ0n) is 14.1. The molecule has 4 rings (SSSR count). The summed E-state index contributed by atoms with van der Waals surface area (Å²) in [6.45, 7) is 1.82. The van der Waals surface area contributed by atoms with Crippen molar-refractivity contribution >= 4 is 27.8 Å². The predicted octanol–water partition coefficient (Wildman–Crippen LogP) is 2.62. The van der Waals surface area contributed by atoms with Crippen LogP contribution in [0.4, 0.5) is 10.2 Å². The van der Waals surface area contributed by atoms with Crippen molar-refractivity contribution in [2.45, 2.75) is 24.9 Å². The van der Waals surface area contributed by atoms with Gasteiger partial charge in [-0.2, -0.15) is 0 Å². The number of benzene rings is 1. The van der Waals surface area contributed by atoms with Gasteiger partial charge in [-0.1, -0.05) is 0 Å². The monoisotopic (exact) mass is 344 g/mol. The summed E-state index contributed by atoms with van der Waals surface area (Å²) < 4.78 is 18.7. The van der Waals surface area contributed by atoms with E-state index in [0.29, 0.717) is 37.2 Å². The normalized spacial score (nSPS) is 21.8. The number of aliphatic hydroxyl groups is 1. The number of anilines is 1. The fourth-order valence-corrected chi connectivity index (χ4v) is 3.73. The van der Waals surface area contributed by atoms with Gasteiger partial charge in [-0.15, -0.1) is 0 Å². The van der Waals surface area contributed by atoms with Gasteiger partial charge in [0.2, 0.25) is 0 Å². The lowest BCUT2D eigenvalue weighted by atomic mass is 9.96. The third-order valence-corrected chi connectivity index (χ3v) is 4.96. The van der Waals surface area contributed by atoms with Crippen molar-refractivity contribution in [3.63, 3.8) is 0 Å². The molecule has 1 unspecified atom stereocenters. The molecule has 1 atom stereocenters. The molecular weight excluding hydrogens is 323 g/mol. The summed E-state index contributed by atoms with van der Waals surface area (Å²) >= 11 is 0. The Morgan fingerprint density at radius 1 is 1.32 bits per heavy atom. The van der Waals surface area contributed by atoms with Crippen LogP contribution in [0.3, 0.4) is 0 Å². The largest absolute Gasteiger partial charge is 0.387 e. The Hall–Kier alpha value is -2.25. The standard InChI is InChI=1S/C18H21FN4O2/c1-25-10-18(24)5-2-7-23(8-6-18)17-15-13-4-3-12(19)9-14(13)22-16(15)20-11-21-17/h3-4,9,11,24H,2,5-8,10H2,1H3,(H,20,21,22). The summed E-state index contributed by atoms with van der Waals surface area (Å²) in [4.78, 5) is 14.1. The maximum Gasteiger partial charge on any atom is 0.143 e. The molecule has 0 aliphatic carbocycles. The quantitative estimate of drug-likeness (QED) is 0.764. The summed E-state index contributed by atoms with van der Waals surface area (Å²) in [6, 6.07) is 4.68. The fraction of sp³-hybridized carbons (Fsp3) is 0.444. The molecule has 7 heteroatoms. The van der Waals surface area contributed by atoms with Crippen molar-refractivity contribution in [1.29, 1.82) is 0 Å². The lowest BCUT2D eigenvalue weighted by Crippen LogP contribution is -2.35. The molecule has 0 amide bonds. The van der Waals surface area contributed by atoms with Crippen LogP contribution in [0.5, 0.6) is 0 Å². The van der Waals surface area contributed by atoms with E-state index in [9.17, 15) is 9.50 Å². The maximum atomic E-state index is 13.5. The fourth-order valence-electron chi connectivity index (χ4n) is 3.73. The van der Waals surface area contributed by atoms with Gasteiger partial charge in [0, 0.05) is 25.6 Å². The first-order valence-electron chi connectivity index (χ1n) is 8.48. The van der Waals surface area contributed by atoms with Crippen LogP contribution in [0.2, 0.25) is 0 Å². The van der Waals surface area contributed by atoms with E-state index >= 15 is 0 Å². The maximum absolute atomic E-state index is 13.5. The highest BCUT2D eigenvalue weighted by Gasteiger charge is 2.31. The second-order valence-electron chi connectivity index (χ2n) is 6.73. The van der Waals surface area contributed by atoms with Gasteiger partial charge in [0.15, 0.2) is 0 Å². The number of nitrogens with one attached hydrogen (secondary N) is 1. The number of nitrogens with zero attached hydrogens (tertiary/aromatic N) is 3. The zero-order valence-corrected chi connectivity index (χ0v) is 14.1. The molecule has 0 spiro atoms. The van der Waals surface area contributed by atoms with Gasteiger partial charge in [0.25, 0.3) is 0 Å². The number of methoxy groups -OCH3 is 1. The van der Waals surface area contributed by atoms with Crippen molar-refractivity contribution in [2.75, 3.05) is 31.7 Å². The molecule has 132 valence electrons. The van der Waals surface area contributed by atoms with Crippen LogP contribution < -0.4 is 4.90 Å². The van der Waals surface area contributed by atoms with E-state index in [1.54, 1.807) is 13.2 Å². The molecule has 1 aliphatic rings. The Labute approximate surface area is 144 Å². The Morgan fingerprint density at radius 3 is 3.04 bits per heavy atom. The average molecular weight is 344 g/mol. The van der Waals surface area contributed by atoms with E-state index in [0.717, 1.165) is 29.6 Å². The summed E-state index contributed by atoms with van der Waals surface area (Å²) in [5.41, 5.74) is 0.614. The molecule has 1 fully saturated rings. The van der Waals surface area contributed by atoms with Gasteiger partial charge in [-0.05, 0) is 37.5 Å². The smallest absolute Gasteiger partial charge is 0.143 e. The second kappa shape index (κ2) is 6.24. The van der Waals surface area contributed by atoms with Gasteiger partial charge >= 0.3 is 0 Å². The third kappa shape index (κ3) is 2.94. The molecule has 6 nitrogen and oxygen atoms in total. The number of halogens is 1. The first-order valence-corrected chi connectivity index (χ1v) is 8.48. The van der Waals surface area contributed by atoms with E-state index in [4.69, 9.17) is 4.74 Å². The number of aromatic nitrogens is 3. The average Bonchev–Trinajstić information content (AvgIpc) is 2.84. The Kier molecular flexibility index (Phi) is 4.05. The molecule has 1 aliphatic heterocycles. The van der Waals surface area contributed by atoms with Crippen molar-refractivity contribution in [3.05, 3.63) is 30.3 Å². The van der Waals surface area contributed by atoms with Crippen LogP contribution in [0.1, 0.15) is 19.3 Å². The molecule has 25 heavy (non-hydrogen) atoms. The van der Waals surface area contributed by atoms with Gasteiger partial charge in [0.1, 0.15) is 23.6 Å². The molecule has 1 aromatic carbocycles. The van der Waals surface area contributed by atoms with E-state index in [1.807, 2.05) is 0 Å². The Balaban J connectivity index is 1.75. The number of H-pyrrole nitrogens is 1. The minimum atomic E-state index is -0.793. The minimum Gasteiger partial charge on any atom is -0.387 e. The van der Waals surface area contributed by atoms with Crippen molar-refractivity contribution < 1.29 is 14.2 Å². The molecule has 2 N–H and O–H groups in total. The predicted molar refractivity (Wildman–Crippen MR) is 94.2 cm³/mol. The first-order chi connectivity index (χ1) is 12.1. The van der Waals surface area contributed by atoms with E-state index in [-0.39, 0.29) is 5.82 Å². The third-order valence-electron chi connectivity index (χ3n) is 4.96. The highest BCUT2D eigenvalue weighted by molar-refractivity contribution is 6.11. The summed E-state index contributed by atoms with van der Waals surface area (Å²) in [5.74, 6) is 0.539. The molecule has 3 aromatic rings. The first kappa shape index (κ1) is 16.2. The number of ether oxygens (including phenoxy) is 1. The van der Waals surface area contributed by atoms with Gasteiger partial charge in [-0.3, -0.25) is 0 Å². The van der Waals surface area contributed by atoms with Gasteiger partial charge < -0.3 is 19.7 Å². The van der Waals surface area contributed by atoms with E-state index < -0.39 is 5.60 Å². The van der Waals surface area contributed by atoms with Crippen LogP contribution in [0.15, 0.2) is 24.5 Å². The molecule has 2 aromatic heterocycles. The van der Waals surface area contributed by atoms with Crippen LogP contribution in [-0.2, 0) is 4.74 Å². The minimum absolute atomic E-state index is 0.284. The highest BCUT2D eigenvalue weighted by atomic mass is 19.1. The van der Waals surface area contributed by atoms with Crippen molar-refractivity contribution in [3.8, 4) is 0 Å². The highest BCUT2D eigenvalue weighted by Crippen LogP contribution is 2.33. The zero-order chi connectivity index (χ0) is 17.4. The molecular formula is C18H21FN4O2. The van der Waals surface area contributed by atoms with Crippen LogP contribution >= 0.6 is 0 Å². The Bertz CT molecular complexity index is 913. The topological polar surface area (TPSA) is 74.3 Å². The SMILES string of the molecule is COCC1(O)CCCN(c2ncnc3[nH]c4cc(F)ccc4c23)CC1. The number of fused-ring (bicyclic) bond motifs is 3. The lowest BCUT2D eigenvalue weighted by molar-refractivity contribution is -0.0389. The summed E-state index contributed by atoms with van der Waals surface area (Å²) in [7, 11) is 1.61. The van der Waals surface area contributed by atoms with Crippen molar-refractivity contribution in [1.82, 2.24) is 15.0 Å². The van der Waals surface area contributed by atoms with Crippen LogP contribution in [-0.4, -0.2) is 52.5 Å². The van der Waals surface area contributed by atoms with Gasteiger partial charge in [-0.25, -0.2) is 14.4 Å². The molecule has 0 radical (unpaired) electrons. The lowest BCUT2D eigenvalue weighted by Gasteiger charge is -2.26. The number of hydrogen-bond donors (Lipinski definition) is 2. The number of aromatic amines is 1. The molecule has 3 heterocycles.